The first kappa shape index (κ1) is 23.4. The molecule has 1 aliphatic heterocycles. The zero-order valence-electron chi connectivity index (χ0n) is 18.6. The minimum atomic E-state index is -1.73. The van der Waals surface area contributed by atoms with Crippen molar-refractivity contribution in [3.8, 4) is 5.75 Å². The molecule has 1 fully saturated rings. The zero-order chi connectivity index (χ0) is 20.8. The number of benzene rings is 1. The third-order valence-corrected chi connectivity index (χ3v) is 10.5. The van der Waals surface area contributed by atoms with E-state index in [1.165, 1.54) is 0 Å². The highest BCUT2D eigenvalue weighted by molar-refractivity contribution is 6.74. The number of hydrogen-bond acceptors (Lipinski definition) is 5. The number of ether oxygens (including phenoxy) is 4. The Labute approximate surface area is 171 Å². The van der Waals surface area contributed by atoms with Crippen molar-refractivity contribution in [2.24, 2.45) is 0 Å². The summed E-state index contributed by atoms with van der Waals surface area (Å²) in [5, 5.41) is 0.222. The first-order chi connectivity index (χ1) is 13.1. The largest absolute Gasteiger partial charge is 0.497 e. The van der Waals surface area contributed by atoms with Crippen molar-refractivity contribution in [1.82, 2.24) is 0 Å². The Morgan fingerprint density at radius 2 is 1.75 bits per heavy atom. The van der Waals surface area contributed by atoms with Crippen LogP contribution in [0, 0.1) is 0 Å². The van der Waals surface area contributed by atoms with E-state index in [2.05, 4.69) is 33.9 Å². The molecule has 2 rings (SSSR count). The summed E-state index contributed by atoms with van der Waals surface area (Å²) in [6.45, 7) is 12.7. The second-order valence-electron chi connectivity index (χ2n) is 9.07. The van der Waals surface area contributed by atoms with Crippen molar-refractivity contribution in [3.05, 3.63) is 29.8 Å². The van der Waals surface area contributed by atoms with E-state index < -0.39 is 8.32 Å². The topological polar surface area (TPSA) is 46.2 Å². The quantitative estimate of drug-likeness (QED) is 0.527. The summed E-state index contributed by atoms with van der Waals surface area (Å²) in [5.74, 6) is 0.857. The van der Waals surface area contributed by atoms with E-state index in [1.54, 1.807) is 14.2 Å². The Bertz CT molecular complexity index is 582. The number of hydrogen-bond donors (Lipinski definition) is 0. The minimum absolute atomic E-state index is 0.101. The maximum absolute atomic E-state index is 6.32. The molecule has 1 aliphatic rings. The molecule has 0 spiro atoms. The van der Waals surface area contributed by atoms with Gasteiger partial charge in [0.05, 0.1) is 25.9 Å². The Morgan fingerprint density at radius 3 is 2.32 bits per heavy atom. The molecule has 0 aromatic heterocycles. The molecule has 0 amide bonds. The van der Waals surface area contributed by atoms with Gasteiger partial charge in [0.1, 0.15) is 5.75 Å². The summed E-state index contributed by atoms with van der Waals surface area (Å²) in [5.41, 5.74) is 1.14. The van der Waals surface area contributed by atoms with Gasteiger partial charge in [-0.15, -0.1) is 0 Å². The van der Waals surface area contributed by atoms with Crippen molar-refractivity contribution < 1.29 is 23.4 Å². The van der Waals surface area contributed by atoms with Gasteiger partial charge in [0, 0.05) is 26.6 Å². The van der Waals surface area contributed by atoms with Crippen LogP contribution in [0.15, 0.2) is 24.3 Å². The average molecular weight is 411 g/mol. The summed E-state index contributed by atoms with van der Waals surface area (Å²) in [4.78, 5) is 0. The molecule has 1 heterocycles. The summed E-state index contributed by atoms with van der Waals surface area (Å²) in [6.07, 6.45) is 2.51. The van der Waals surface area contributed by atoms with Crippen molar-refractivity contribution in [2.75, 3.05) is 20.8 Å². The van der Waals surface area contributed by atoms with Crippen LogP contribution in [0.25, 0.3) is 0 Å². The SMILES string of the molecule is COc1ccc(CO[C@H]2CC(OC)O[C@@H](CCO[Si](C)(C)C(C)(C)C)C2)cc1. The van der Waals surface area contributed by atoms with Crippen molar-refractivity contribution in [3.63, 3.8) is 0 Å². The molecule has 6 heteroatoms. The van der Waals surface area contributed by atoms with Gasteiger partial charge in [-0.3, -0.25) is 0 Å². The molecule has 3 atom stereocenters. The molecule has 1 unspecified atom stereocenters. The molecule has 0 bridgehead atoms. The smallest absolute Gasteiger partial charge is 0.191 e. The average Bonchev–Trinajstić information content (AvgIpc) is 2.65. The van der Waals surface area contributed by atoms with Gasteiger partial charge in [0.15, 0.2) is 14.6 Å². The number of rotatable bonds is 9. The fourth-order valence-electron chi connectivity index (χ4n) is 3.00. The monoisotopic (exact) mass is 410 g/mol. The highest BCUT2D eigenvalue weighted by atomic mass is 28.4. The molecular weight excluding hydrogens is 372 g/mol. The highest BCUT2D eigenvalue weighted by Gasteiger charge is 2.37. The van der Waals surface area contributed by atoms with E-state index in [4.69, 9.17) is 23.4 Å². The Morgan fingerprint density at radius 1 is 1.07 bits per heavy atom. The van der Waals surface area contributed by atoms with E-state index >= 15 is 0 Å². The van der Waals surface area contributed by atoms with Gasteiger partial charge in [-0.2, -0.15) is 0 Å². The van der Waals surface area contributed by atoms with Gasteiger partial charge in [-0.1, -0.05) is 32.9 Å². The predicted octanol–water partition coefficient (Wildman–Crippen LogP) is 5.14. The van der Waals surface area contributed by atoms with Gasteiger partial charge in [-0.05, 0) is 42.2 Å². The van der Waals surface area contributed by atoms with Gasteiger partial charge in [-0.25, -0.2) is 0 Å². The van der Waals surface area contributed by atoms with E-state index in [9.17, 15) is 0 Å². The van der Waals surface area contributed by atoms with E-state index in [1.807, 2.05) is 24.3 Å². The van der Waals surface area contributed by atoms with Crippen LogP contribution in [0.1, 0.15) is 45.6 Å². The standard InChI is InChI=1S/C22H38O5Si/c1-22(2,3)28(6,7)26-13-12-19-14-20(15-21(24-5)27-19)25-16-17-8-10-18(23-4)11-9-17/h8-11,19-21H,12-16H2,1-7H3/t19-,20+,21?/m0/s1. The maximum Gasteiger partial charge on any atom is 0.191 e. The third kappa shape index (κ3) is 6.85. The summed E-state index contributed by atoms with van der Waals surface area (Å²) in [6, 6.07) is 8.00. The lowest BCUT2D eigenvalue weighted by molar-refractivity contribution is -0.214. The molecule has 0 N–H and O–H groups in total. The van der Waals surface area contributed by atoms with Crippen LogP contribution >= 0.6 is 0 Å². The van der Waals surface area contributed by atoms with Gasteiger partial charge < -0.3 is 23.4 Å². The summed E-state index contributed by atoms with van der Waals surface area (Å²) in [7, 11) is 1.64. The van der Waals surface area contributed by atoms with Crippen molar-refractivity contribution in [2.45, 2.75) is 83.3 Å². The van der Waals surface area contributed by atoms with Crippen molar-refractivity contribution >= 4 is 8.32 Å². The van der Waals surface area contributed by atoms with Crippen LogP contribution in [0.3, 0.4) is 0 Å². The van der Waals surface area contributed by atoms with E-state index in [0.717, 1.165) is 37.2 Å². The first-order valence-corrected chi connectivity index (χ1v) is 13.1. The number of methoxy groups -OCH3 is 2. The lowest BCUT2D eigenvalue weighted by atomic mass is 10.0. The second-order valence-corrected chi connectivity index (χ2v) is 13.9. The fraction of sp³-hybridized carbons (Fsp3) is 0.727. The highest BCUT2D eigenvalue weighted by Crippen LogP contribution is 2.37. The Hall–Kier alpha value is -0.923. The van der Waals surface area contributed by atoms with Crippen LogP contribution in [-0.2, 0) is 25.2 Å². The Kier molecular flexibility index (Phi) is 8.52. The lowest BCUT2D eigenvalue weighted by Gasteiger charge is -2.38. The minimum Gasteiger partial charge on any atom is -0.497 e. The fourth-order valence-corrected chi connectivity index (χ4v) is 4.06. The van der Waals surface area contributed by atoms with Crippen LogP contribution in [-0.4, -0.2) is 47.6 Å². The Balaban J connectivity index is 1.83. The molecule has 5 nitrogen and oxygen atoms in total. The molecule has 0 saturated carbocycles. The van der Waals surface area contributed by atoms with Crippen LogP contribution < -0.4 is 4.74 Å². The van der Waals surface area contributed by atoms with Gasteiger partial charge in [0.25, 0.3) is 0 Å². The maximum atomic E-state index is 6.32. The van der Waals surface area contributed by atoms with Crippen LogP contribution in [0.4, 0.5) is 0 Å². The van der Waals surface area contributed by atoms with Crippen LogP contribution in [0.2, 0.25) is 18.1 Å². The van der Waals surface area contributed by atoms with E-state index in [0.29, 0.717) is 6.61 Å². The zero-order valence-corrected chi connectivity index (χ0v) is 19.6. The molecule has 1 aromatic rings. The van der Waals surface area contributed by atoms with Crippen LogP contribution in [0.5, 0.6) is 5.75 Å². The third-order valence-electron chi connectivity index (χ3n) is 5.94. The molecule has 0 aliphatic carbocycles. The van der Waals surface area contributed by atoms with E-state index in [-0.39, 0.29) is 23.5 Å². The second kappa shape index (κ2) is 10.2. The van der Waals surface area contributed by atoms with Crippen molar-refractivity contribution in [1.29, 1.82) is 0 Å². The molecule has 1 aromatic carbocycles. The molecular formula is C22H38O5Si. The first-order valence-electron chi connectivity index (χ1n) is 10.2. The summed E-state index contributed by atoms with van der Waals surface area (Å²) >= 11 is 0. The molecule has 0 radical (unpaired) electrons. The molecule has 160 valence electrons. The van der Waals surface area contributed by atoms with Gasteiger partial charge >= 0.3 is 0 Å². The lowest BCUT2D eigenvalue weighted by Crippen LogP contribution is -2.42. The van der Waals surface area contributed by atoms with Gasteiger partial charge in [0.2, 0.25) is 0 Å². The molecule has 28 heavy (non-hydrogen) atoms. The summed E-state index contributed by atoms with van der Waals surface area (Å²) < 4.78 is 29.2. The molecule has 1 saturated heterocycles. The normalized spacial score (nSPS) is 23.6. The predicted molar refractivity (Wildman–Crippen MR) is 114 cm³/mol.